The lowest BCUT2D eigenvalue weighted by Gasteiger charge is -2.36. The van der Waals surface area contributed by atoms with Crippen molar-refractivity contribution in [2.24, 2.45) is 0 Å². The van der Waals surface area contributed by atoms with Crippen molar-refractivity contribution < 1.29 is 30.0 Å². The maximum absolute atomic E-state index is 11.7. The van der Waals surface area contributed by atoms with Gasteiger partial charge in [0.15, 0.2) is 0 Å². The Morgan fingerprint density at radius 1 is 1.27 bits per heavy atom. The predicted octanol–water partition coefficient (Wildman–Crippen LogP) is 0.557. The third kappa shape index (κ3) is 1.33. The van der Waals surface area contributed by atoms with Crippen molar-refractivity contribution in [2.75, 3.05) is 0 Å². The molecule has 0 unspecified atom stereocenters. The summed E-state index contributed by atoms with van der Waals surface area (Å²) < 4.78 is 62.2. The fraction of sp³-hybridized carbons (Fsp3) is 1.00. The van der Waals surface area contributed by atoms with E-state index >= 15 is 0 Å². The Labute approximate surface area is 60.2 Å². The summed E-state index contributed by atoms with van der Waals surface area (Å²) in [5.41, 5.74) is 0. The first-order chi connectivity index (χ1) is 4.66. The molecule has 1 rings (SSSR count). The van der Waals surface area contributed by atoms with E-state index in [2.05, 4.69) is 8.37 Å². The largest absolute Gasteiger partial charge is 0.445 e. The zero-order chi connectivity index (χ0) is 8.91. The minimum absolute atomic E-state index is 0.480. The van der Waals surface area contributed by atoms with Crippen molar-refractivity contribution in [1.29, 1.82) is 0 Å². The van der Waals surface area contributed by atoms with Crippen molar-refractivity contribution in [3.8, 4) is 0 Å². The molecule has 8 heteroatoms. The van der Waals surface area contributed by atoms with E-state index in [0.717, 1.165) is 0 Å². The fourth-order valence-electron chi connectivity index (χ4n) is 0.490. The summed E-state index contributed by atoms with van der Waals surface area (Å²) in [4.78, 5) is 0. The van der Waals surface area contributed by atoms with Gasteiger partial charge in [0.05, 0.1) is 0 Å². The van der Waals surface area contributed by atoms with Crippen molar-refractivity contribution >= 4 is 10.4 Å². The van der Waals surface area contributed by atoms with Crippen LogP contribution in [0.4, 0.5) is 13.2 Å². The smallest absolute Gasteiger partial charge is 0.202 e. The van der Waals surface area contributed by atoms with Crippen LogP contribution < -0.4 is 0 Å². The van der Waals surface area contributed by atoms with Gasteiger partial charge in [-0.15, -0.1) is 0 Å². The molecule has 0 bridgehead atoms. The Hall–Kier alpha value is -0.340. The molecule has 0 saturated carbocycles. The van der Waals surface area contributed by atoms with Crippen LogP contribution in [-0.4, -0.2) is 20.4 Å². The highest BCUT2D eigenvalue weighted by atomic mass is 32.3. The lowest BCUT2D eigenvalue weighted by molar-refractivity contribution is -0.348. The van der Waals surface area contributed by atoms with Gasteiger partial charge >= 0.3 is 16.6 Å². The first-order valence-electron chi connectivity index (χ1n) is 2.39. The maximum atomic E-state index is 11.7. The first-order valence-corrected chi connectivity index (χ1v) is 3.73. The highest BCUT2D eigenvalue weighted by molar-refractivity contribution is 7.82. The van der Waals surface area contributed by atoms with Crippen molar-refractivity contribution in [3.63, 3.8) is 0 Å². The number of rotatable bonds is 0. The molecule has 0 radical (unpaired) electrons. The average molecular weight is 192 g/mol. The van der Waals surface area contributed by atoms with Crippen molar-refractivity contribution in [3.05, 3.63) is 0 Å². The number of halogens is 3. The van der Waals surface area contributed by atoms with Crippen LogP contribution in [0.2, 0.25) is 0 Å². The summed E-state index contributed by atoms with van der Waals surface area (Å²) in [6.07, 6.45) is -4.84. The van der Waals surface area contributed by atoms with Gasteiger partial charge in [0, 0.05) is 6.92 Å². The SMILES string of the molecule is CC1(C(F)(F)F)OS(=O)(=O)O1. The Morgan fingerprint density at radius 3 is 1.73 bits per heavy atom. The normalized spacial score (nSPS) is 27.6. The van der Waals surface area contributed by atoms with Gasteiger partial charge in [-0.2, -0.15) is 21.6 Å². The molecule has 11 heavy (non-hydrogen) atoms. The molecule has 1 saturated heterocycles. The Bertz CT molecular complexity index is 253. The molecule has 0 aromatic heterocycles. The van der Waals surface area contributed by atoms with E-state index in [1.54, 1.807) is 0 Å². The van der Waals surface area contributed by atoms with Gasteiger partial charge in [0.1, 0.15) is 0 Å². The van der Waals surface area contributed by atoms with E-state index in [1.807, 2.05) is 0 Å². The molecule has 0 amide bonds. The number of alkyl halides is 3. The minimum Gasteiger partial charge on any atom is -0.202 e. The maximum Gasteiger partial charge on any atom is 0.445 e. The molecule has 1 fully saturated rings. The molecule has 0 aliphatic carbocycles. The molecule has 1 heterocycles. The molecule has 0 spiro atoms. The quantitative estimate of drug-likeness (QED) is 0.562. The second-order valence-corrected chi connectivity index (χ2v) is 3.17. The summed E-state index contributed by atoms with van der Waals surface area (Å²) in [5.74, 6) is -2.99. The van der Waals surface area contributed by atoms with Crippen LogP contribution in [0.25, 0.3) is 0 Å². The van der Waals surface area contributed by atoms with Gasteiger partial charge < -0.3 is 0 Å². The van der Waals surface area contributed by atoms with Crippen LogP contribution in [0.15, 0.2) is 0 Å². The van der Waals surface area contributed by atoms with E-state index in [1.165, 1.54) is 0 Å². The molecule has 0 N–H and O–H groups in total. The molecular formula is C3H3F3O4S. The number of hydrogen-bond donors (Lipinski definition) is 0. The van der Waals surface area contributed by atoms with Gasteiger partial charge in [-0.25, -0.2) is 8.37 Å². The monoisotopic (exact) mass is 192 g/mol. The van der Waals surface area contributed by atoms with E-state index in [4.69, 9.17) is 0 Å². The van der Waals surface area contributed by atoms with Gasteiger partial charge in [0.25, 0.3) is 5.79 Å². The van der Waals surface area contributed by atoms with Crippen LogP contribution in [0.1, 0.15) is 6.92 Å². The molecule has 1 aliphatic rings. The number of hydrogen-bond acceptors (Lipinski definition) is 4. The van der Waals surface area contributed by atoms with Crippen molar-refractivity contribution in [2.45, 2.75) is 18.9 Å². The van der Waals surface area contributed by atoms with Crippen LogP contribution in [-0.2, 0) is 18.8 Å². The Kier molecular flexibility index (Phi) is 1.49. The minimum atomic E-state index is -4.84. The second-order valence-electron chi connectivity index (χ2n) is 2.02. The van der Waals surface area contributed by atoms with Crippen LogP contribution in [0, 0.1) is 0 Å². The van der Waals surface area contributed by atoms with Gasteiger partial charge in [-0.1, -0.05) is 0 Å². The summed E-state index contributed by atoms with van der Waals surface area (Å²) in [7, 11) is -4.39. The third-order valence-electron chi connectivity index (χ3n) is 1.04. The predicted molar refractivity (Wildman–Crippen MR) is 25.5 cm³/mol. The Balaban J connectivity index is 2.79. The highest BCUT2D eigenvalue weighted by Crippen LogP contribution is 2.43. The van der Waals surface area contributed by atoms with Crippen molar-refractivity contribution in [1.82, 2.24) is 0 Å². The van der Waals surface area contributed by atoms with Crippen LogP contribution in [0.5, 0.6) is 0 Å². The molecule has 0 aromatic rings. The fourth-order valence-corrected chi connectivity index (χ4v) is 1.47. The van der Waals surface area contributed by atoms with Gasteiger partial charge in [-0.05, 0) is 0 Å². The zero-order valence-electron chi connectivity index (χ0n) is 5.18. The molecule has 0 aromatic carbocycles. The first kappa shape index (κ1) is 8.75. The summed E-state index contributed by atoms with van der Waals surface area (Å²) in [6, 6.07) is 0. The summed E-state index contributed by atoms with van der Waals surface area (Å²) >= 11 is 0. The van der Waals surface area contributed by atoms with Crippen LogP contribution >= 0.6 is 0 Å². The molecular weight excluding hydrogens is 189 g/mol. The van der Waals surface area contributed by atoms with E-state index in [9.17, 15) is 21.6 Å². The molecule has 66 valence electrons. The third-order valence-corrected chi connectivity index (χ3v) is 2.08. The van der Waals surface area contributed by atoms with Gasteiger partial charge in [-0.3, -0.25) is 0 Å². The second kappa shape index (κ2) is 1.87. The molecule has 1 aliphatic heterocycles. The van der Waals surface area contributed by atoms with E-state index in [0.29, 0.717) is 6.92 Å². The molecule has 4 nitrogen and oxygen atoms in total. The summed E-state index contributed by atoms with van der Waals surface area (Å²) in [5, 5.41) is 0. The lowest BCUT2D eigenvalue weighted by atomic mass is 10.3. The Morgan fingerprint density at radius 2 is 1.64 bits per heavy atom. The lowest BCUT2D eigenvalue weighted by Crippen LogP contribution is -2.58. The zero-order valence-corrected chi connectivity index (χ0v) is 5.99. The van der Waals surface area contributed by atoms with E-state index < -0.39 is 22.4 Å². The topological polar surface area (TPSA) is 52.6 Å². The molecule has 0 atom stereocenters. The van der Waals surface area contributed by atoms with E-state index in [-0.39, 0.29) is 0 Å². The van der Waals surface area contributed by atoms with Crippen LogP contribution in [0.3, 0.4) is 0 Å². The standard InChI is InChI=1S/C3H3F3O4S/c1-2(3(4,5)6)9-11(7,8)10-2/h1H3. The highest BCUT2D eigenvalue weighted by Gasteiger charge is 2.66. The summed E-state index contributed by atoms with van der Waals surface area (Å²) in [6.45, 7) is 0.480. The van der Waals surface area contributed by atoms with Gasteiger partial charge in [0.2, 0.25) is 0 Å². The average Bonchev–Trinajstić information content (AvgIpc) is 1.55.